The molecule has 0 aromatic rings. The summed E-state index contributed by atoms with van der Waals surface area (Å²) in [6, 6.07) is 0. The second-order valence-corrected chi connectivity index (χ2v) is 9.09. The van der Waals surface area contributed by atoms with Gasteiger partial charge in [0.25, 0.3) is 0 Å². The fraction of sp³-hybridized carbons (Fsp3) is 0.696. The Morgan fingerprint density at radius 3 is 2.62 bits per heavy atom. The van der Waals surface area contributed by atoms with Crippen LogP contribution < -0.4 is 0 Å². The van der Waals surface area contributed by atoms with E-state index in [4.69, 9.17) is 5.11 Å². The van der Waals surface area contributed by atoms with Crippen LogP contribution >= 0.6 is 0 Å². The highest BCUT2D eigenvalue weighted by Crippen LogP contribution is 2.73. The number of aliphatic hydroxyl groups excluding tert-OH is 1. The summed E-state index contributed by atoms with van der Waals surface area (Å²) in [5.74, 6) is 2.07. The maximum atomic E-state index is 10.8. The summed E-state index contributed by atoms with van der Waals surface area (Å²) in [5.41, 5.74) is 1.75. The molecule has 3 aliphatic rings. The first-order valence-electron chi connectivity index (χ1n) is 10.2. The number of aliphatic carboxylic acids is 1. The van der Waals surface area contributed by atoms with Crippen LogP contribution in [-0.2, 0) is 4.79 Å². The van der Waals surface area contributed by atoms with Crippen LogP contribution in [0.5, 0.6) is 0 Å². The molecular weight excluding hydrogens is 324 g/mol. The van der Waals surface area contributed by atoms with Crippen LogP contribution in [0.3, 0.4) is 0 Å². The number of carboxylic acid groups (broad SMARTS) is 1. The molecule has 0 radical (unpaired) electrons. The quantitative estimate of drug-likeness (QED) is 0.420. The summed E-state index contributed by atoms with van der Waals surface area (Å²) in [5, 5.41) is 19.6. The molecule has 0 bridgehead atoms. The van der Waals surface area contributed by atoms with Crippen molar-refractivity contribution < 1.29 is 15.0 Å². The average Bonchev–Trinajstić information content (AvgIpc) is 3.25. The third-order valence-electron chi connectivity index (χ3n) is 7.51. The molecule has 26 heavy (non-hydrogen) atoms. The maximum Gasteiger partial charge on any atom is 0.328 e. The van der Waals surface area contributed by atoms with Crippen molar-refractivity contribution >= 4 is 5.97 Å². The molecule has 0 heterocycles. The molecule has 0 amide bonds. The topological polar surface area (TPSA) is 57.5 Å². The van der Waals surface area contributed by atoms with Gasteiger partial charge in [0.05, 0.1) is 6.10 Å². The van der Waals surface area contributed by atoms with Gasteiger partial charge in [-0.25, -0.2) is 4.79 Å². The first-order chi connectivity index (χ1) is 12.3. The van der Waals surface area contributed by atoms with Gasteiger partial charge in [-0.05, 0) is 73.5 Å². The molecule has 0 aromatic carbocycles. The molecule has 3 rings (SSSR count). The van der Waals surface area contributed by atoms with Gasteiger partial charge in [0.2, 0.25) is 0 Å². The van der Waals surface area contributed by atoms with Crippen molar-refractivity contribution in [2.45, 2.75) is 59.5 Å². The van der Waals surface area contributed by atoms with Gasteiger partial charge in [-0.2, -0.15) is 0 Å². The maximum absolute atomic E-state index is 10.8. The Morgan fingerprint density at radius 1 is 1.23 bits per heavy atom. The lowest BCUT2D eigenvalue weighted by Gasteiger charge is -2.52. The number of carbonyl (C=O) groups is 1. The number of hydrogen-bond acceptors (Lipinski definition) is 2. The first kappa shape index (κ1) is 19.4. The summed E-state index contributed by atoms with van der Waals surface area (Å²) >= 11 is 0. The fourth-order valence-electron chi connectivity index (χ4n) is 6.48. The van der Waals surface area contributed by atoms with Gasteiger partial charge in [0, 0.05) is 6.08 Å². The lowest BCUT2D eigenvalue weighted by molar-refractivity contribution is -0.131. The van der Waals surface area contributed by atoms with Gasteiger partial charge in [-0.1, -0.05) is 50.6 Å². The van der Waals surface area contributed by atoms with E-state index >= 15 is 0 Å². The van der Waals surface area contributed by atoms with E-state index in [0.717, 1.165) is 19.3 Å². The van der Waals surface area contributed by atoms with E-state index in [1.54, 1.807) is 6.08 Å². The van der Waals surface area contributed by atoms with E-state index < -0.39 is 5.97 Å². The SMILES string of the molecule is CC/C=C(/C)[C@H]1[C@@H](/C=C/C=C/C(=O)O)[C@H]2[C@@H]([C@H]3C[C@]31C)[C@@H](O)CC[C@@H]2C. The molecule has 0 unspecified atom stereocenters. The van der Waals surface area contributed by atoms with E-state index in [1.165, 1.54) is 18.1 Å². The van der Waals surface area contributed by atoms with Crippen LogP contribution in [0.4, 0.5) is 0 Å². The molecule has 3 fully saturated rings. The molecule has 0 saturated heterocycles. The van der Waals surface area contributed by atoms with E-state index in [1.807, 2.05) is 6.08 Å². The standard InChI is InChI=1S/C23H34O3/c1-5-8-15(3)22-16(9-6-7-10-19(25)26)20-14(2)11-12-18(24)21(20)17-13-23(17,22)4/h6-10,14,16-18,20-22,24H,5,11-13H2,1-4H3,(H,25,26)/b9-6+,10-7+,15-8-/t14-,16-,17+,18-,20-,21-,22-,23+/m0/s1. The Kier molecular flexibility index (Phi) is 5.48. The summed E-state index contributed by atoms with van der Waals surface area (Å²) in [6.45, 7) is 9.21. The Labute approximate surface area is 157 Å². The highest BCUT2D eigenvalue weighted by Gasteiger charge is 2.68. The molecule has 0 aromatic heterocycles. The summed E-state index contributed by atoms with van der Waals surface area (Å²) in [7, 11) is 0. The number of allylic oxidation sites excluding steroid dienone is 5. The molecule has 3 heteroatoms. The van der Waals surface area contributed by atoms with Crippen LogP contribution in [0.1, 0.15) is 53.4 Å². The van der Waals surface area contributed by atoms with Gasteiger partial charge in [-0.15, -0.1) is 0 Å². The van der Waals surface area contributed by atoms with Crippen molar-refractivity contribution in [1.29, 1.82) is 0 Å². The highest BCUT2D eigenvalue weighted by atomic mass is 16.4. The minimum absolute atomic E-state index is 0.176. The van der Waals surface area contributed by atoms with Crippen LogP contribution in [0.15, 0.2) is 36.0 Å². The normalized spacial score (nSPS) is 45.6. The smallest absolute Gasteiger partial charge is 0.328 e. The zero-order valence-corrected chi connectivity index (χ0v) is 16.6. The van der Waals surface area contributed by atoms with E-state index in [0.29, 0.717) is 35.5 Å². The Hall–Kier alpha value is -1.35. The molecule has 3 saturated carbocycles. The highest BCUT2D eigenvalue weighted by molar-refractivity contribution is 5.80. The van der Waals surface area contributed by atoms with E-state index in [9.17, 15) is 9.90 Å². The zero-order valence-electron chi connectivity index (χ0n) is 16.6. The predicted molar refractivity (Wildman–Crippen MR) is 105 cm³/mol. The number of rotatable bonds is 5. The van der Waals surface area contributed by atoms with Gasteiger partial charge >= 0.3 is 5.97 Å². The Morgan fingerprint density at radius 2 is 1.96 bits per heavy atom. The van der Waals surface area contributed by atoms with Crippen LogP contribution in [0.2, 0.25) is 0 Å². The molecule has 3 nitrogen and oxygen atoms in total. The Bertz CT molecular complexity index is 631. The van der Waals surface area contributed by atoms with Crippen LogP contribution in [0.25, 0.3) is 0 Å². The second-order valence-electron chi connectivity index (χ2n) is 9.09. The van der Waals surface area contributed by atoms with Crippen LogP contribution in [-0.4, -0.2) is 22.3 Å². The predicted octanol–water partition coefficient (Wildman–Crippen LogP) is 4.84. The second kappa shape index (κ2) is 7.34. The lowest BCUT2D eigenvalue weighted by atomic mass is 9.53. The molecule has 0 aliphatic heterocycles. The largest absolute Gasteiger partial charge is 0.478 e. The van der Waals surface area contributed by atoms with Gasteiger partial charge < -0.3 is 10.2 Å². The number of hydrogen-bond donors (Lipinski definition) is 2. The van der Waals surface area contributed by atoms with Crippen molar-refractivity contribution in [2.24, 2.45) is 40.9 Å². The van der Waals surface area contributed by atoms with Crippen molar-refractivity contribution in [3.8, 4) is 0 Å². The van der Waals surface area contributed by atoms with E-state index in [2.05, 4.69) is 39.8 Å². The molecular formula is C23H34O3. The van der Waals surface area contributed by atoms with Gasteiger partial charge in [0.1, 0.15) is 0 Å². The molecule has 2 N–H and O–H groups in total. The molecule has 0 spiro atoms. The Balaban J connectivity index is 1.99. The number of carboxylic acids is 1. The fourth-order valence-corrected chi connectivity index (χ4v) is 6.48. The summed E-state index contributed by atoms with van der Waals surface area (Å²) in [6.07, 6.45) is 13.5. The monoisotopic (exact) mass is 358 g/mol. The molecule has 3 aliphatic carbocycles. The third kappa shape index (κ3) is 3.31. The average molecular weight is 359 g/mol. The molecule has 8 atom stereocenters. The van der Waals surface area contributed by atoms with Gasteiger partial charge in [-0.3, -0.25) is 0 Å². The third-order valence-corrected chi connectivity index (χ3v) is 7.51. The summed E-state index contributed by atoms with van der Waals surface area (Å²) < 4.78 is 0. The molecule has 144 valence electrons. The zero-order chi connectivity index (χ0) is 19.1. The minimum Gasteiger partial charge on any atom is -0.478 e. The van der Waals surface area contributed by atoms with Crippen molar-refractivity contribution in [3.05, 3.63) is 36.0 Å². The minimum atomic E-state index is -0.912. The number of aliphatic hydroxyl groups is 1. The van der Waals surface area contributed by atoms with Crippen molar-refractivity contribution in [2.75, 3.05) is 0 Å². The first-order valence-corrected chi connectivity index (χ1v) is 10.2. The van der Waals surface area contributed by atoms with Crippen molar-refractivity contribution in [3.63, 3.8) is 0 Å². The van der Waals surface area contributed by atoms with Crippen LogP contribution in [0, 0.1) is 40.9 Å². The summed E-state index contributed by atoms with van der Waals surface area (Å²) in [4.78, 5) is 10.8. The van der Waals surface area contributed by atoms with Crippen molar-refractivity contribution in [1.82, 2.24) is 0 Å². The number of fused-ring (bicyclic) bond motifs is 3. The van der Waals surface area contributed by atoms with Gasteiger partial charge in [0.15, 0.2) is 0 Å². The lowest BCUT2D eigenvalue weighted by Crippen LogP contribution is -2.49. The van der Waals surface area contributed by atoms with E-state index in [-0.39, 0.29) is 11.5 Å².